The normalized spacial score (nSPS) is 21.3. The van der Waals surface area contributed by atoms with Gasteiger partial charge >= 0.3 is 0 Å². The van der Waals surface area contributed by atoms with Crippen molar-refractivity contribution in [1.82, 2.24) is 19.5 Å². The van der Waals surface area contributed by atoms with E-state index in [2.05, 4.69) is 29.3 Å². The van der Waals surface area contributed by atoms with Gasteiger partial charge < -0.3 is 10.1 Å². The summed E-state index contributed by atoms with van der Waals surface area (Å²) in [4.78, 5) is 10.2. The van der Waals surface area contributed by atoms with Crippen LogP contribution in [0.25, 0.3) is 5.52 Å². The first kappa shape index (κ1) is 18.8. The molecule has 1 saturated carbocycles. The summed E-state index contributed by atoms with van der Waals surface area (Å²) in [5.74, 6) is 0.977. The number of anilines is 1. The number of likely N-dealkylation sites (tertiary alicyclic amines) is 1. The Morgan fingerprint density at radius 1 is 1.23 bits per heavy atom. The van der Waals surface area contributed by atoms with Crippen molar-refractivity contribution in [3.63, 3.8) is 0 Å². The fraction of sp³-hybridized carbons (Fsp3) is 0.565. The van der Waals surface area contributed by atoms with Crippen LogP contribution in [-0.2, 0) is 23.3 Å². The van der Waals surface area contributed by atoms with E-state index in [1.807, 2.05) is 29.0 Å². The third-order valence-electron chi connectivity index (χ3n) is 6.69. The van der Waals surface area contributed by atoms with Crippen LogP contribution in [0.4, 0.5) is 5.82 Å². The average Bonchev–Trinajstić information content (AvgIpc) is 3.30. The maximum Gasteiger partial charge on any atom is 0.152 e. The molecule has 2 aliphatic heterocycles. The van der Waals surface area contributed by atoms with Gasteiger partial charge in [-0.15, -0.1) is 11.3 Å². The fourth-order valence-electron chi connectivity index (χ4n) is 5.00. The van der Waals surface area contributed by atoms with E-state index in [1.54, 1.807) is 0 Å². The highest BCUT2D eigenvalue weighted by Gasteiger charge is 2.42. The van der Waals surface area contributed by atoms with E-state index in [4.69, 9.17) is 14.8 Å². The molecule has 0 amide bonds. The van der Waals surface area contributed by atoms with Crippen LogP contribution in [0.2, 0.25) is 0 Å². The molecule has 1 spiro atoms. The van der Waals surface area contributed by atoms with Gasteiger partial charge in [-0.3, -0.25) is 4.90 Å². The minimum Gasteiger partial charge on any atom is -0.369 e. The summed E-state index contributed by atoms with van der Waals surface area (Å²) in [7, 11) is 0. The predicted molar refractivity (Wildman–Crippen MR) is 119 cm³/mol. The largest absolute Gasteiger partial charge is 0.369 e. The van der Waals surface area contributed by atoms with E-state index >= 15 is 0 Å². The first-order valence-electron chi connectivity index (χ1n) is 11.2. The summed E-state index contributed by atoms with van der Waals surface area (Å²) in [6.45, 7) is 8.10. The first-order chi connectivity index (χ1) is 14.6. The topological polar surface area (TPSA) is 54.7 Å². The molecule has 1 N–H and O–H groups in total. The Balaban J connectivity index is 1.19. The summed E-state index contributed by atoms with van der Waals surface area (Å²) >= 11 is 1.94. The van der Waals surface area contributed by atoms with Gasteiger partial charge in [0.2, 0.25) is 0 Å². The molecule has 2 fully saturated rings. The number of hydrogen-bond acceptors (Lipinski definition) is 6. The zero-order valence-corrected chi connectivity index (χ0v) is 18.6. The molecule has 158 valence electrons. The van der Waals surface area contributed by atoms with Gasteiger partial charge in [0.05, 0.1) is 24.2 Å². The van der Waals surface area contributed by atoms with Crippen molar-refractivity contribution in [3.05, 3.63) is 45.0 Å². The van der Waals surface area contributed by atoms with Crippen LogP contribution in [0.1, 0.15) is 52.4 Å². The lowest BCUT2D eigenvalue weighted by molar-refractivity contribution is -0.0961. The zero-order valence-electron chi connectivity index (χ0n) is 17.8. The second-order valence-corrected chi connectivity index (χ2v) is 10.5. The van der Waals surface area contributed by atoms with Gasteiger partial charge in [-0.25, -0.2) is 9.50 Å². The molecule has 0 bridgehead atoms. The first-order valence-corrected chi connectivity index (χ1v) is 12.0. The molecule has 0 atom stereocenters. The van der Waals surface area contributed by atoms with E-state index in [0.29, 0.717) is 6.04 Å². The molecule has 7 heteroatoms. The third-order valence-corrected chi connectivity index (χ3v) is 7.97. The molecule has 1 saturated heterocycles. The SMILES string of the molecule is Cc1cn2nc(CN3CCC4(CC3)OCCc3cc(C)sc34)cc2c(NC2CC2)n1. The summed E-state index contributed by atoms with van der Waals surface area (Å²) in [6.07, 6.45) is 7.72. The number of hydrogen-bond donors (Lipinski definition) is 1. The minimum atomic E-state index is -0.0513. The Morgan fingerprint density at radius 2 is 2.07 bits per heavy atom. The highest BCUT2D eigenvalue weighted by atomic mass is 32.1. The molecule has 0 unspecified atom stereocenters. The predicted octanol–water partition coefficient (Wildman–Crippen LogP) is 4.05. The quantitative estimate of drug-likeness (QED) is 0.686. The Kier molecular flexibility index (Phi) is 4.41. The number of nitrogens with zero attached hydrogens (tertiary/aromatic N) is 4. The van der Waals surface area contributed by atoms with Crippen molar-refractivity contribution in [1.29, 1.82) is 0 Å². The summed E-state index contributed by atoms with van der Waals surface area (Å²) in [5, 5.41) is 8.43. The monoisotopic (exact) mass is 423 g/mol. The van der Waals surface area contributed by atoms with E-state index in [1.165, 1.54) is 28.2 Å². The standard InChI is InChI=1S/C23H29N5OS/c1-15-13-28-20(22(24-15)25-18-3-4-18)12-19(26-28)14-27-8-6-23(7-9-27)21-17(5-10-29-23)11-16(2)30-21/h11-13,18H,3-10,14H2,1-2H3,(H,24,25). The maximum absolute atomic E-state index is 6.41. The molecule has 6 rings (SSSR count). The molecule has 30 heavy (non-hydrogen) atoms. The van der Waals surface area contributed by atoms with Crippen LogP contribution >= 0.6 is 11.3 Å². The third kappa shape index (κ3) is 3.33. The van der Waals surface area contributed by atoms with Crippen LogP contribution in [0, 0.1) is 13.8 Å². The number of piperidine rings is 1. The average molecular weight is 424 g/mol. The van der Waals surface area contributed by atoms with Crippen LogP contribution in [0.3, 0.4) is 0 Å². The highest BCUT2D eigenvalue weighted by Crippen LogP contribution is 2.45. The Morgan fingerprint density at radius 3 is 2.87 bits per heavy atom. The zero-order chi connectivity index (χ0) is 20.3. The molecule has 0 radical (unpaired) electrons. The number of fused-ring (bicyclic) bond motifs is 3. The van der Waals surface area contributed by atoms with E-state index in [-0.39, 0.29) is 5.60 Å². The van der Waals surface area contributed by atoms with Crippen LogP contribution in [-0.4, -0.2) is 45.2 Å². The minimum absolute atomic E-state index is 0.0513. The van der Waals surface area contributed by atoms with Crippen LogP contribution in [0.15, 0.2) is 18.3 Å². The lowest BCUT2D eigenvalue weighted by Gasteiger charge is -2.43. The number of nitrogens with one attached hydrogen (secondary N) is 1. The lowest BCUT2D eigenvalue weighted by atomic mass is 9.85. The van der Waals surface area contributed by atoms with Crippen molar-refractivity contribution in [3.8, 4) is 0 Å². The maximum atomic E-state index is 6.41. The second-order valence-electron chi connectivity index (χ2n) is 9.20. The molecule has 5 heterocycles. The van der Waals surface area contributed by atoms with Gasteiger partial charge in [0.15, 0.2) is 5.82 Å². The van der Waals surface area contributed by atoms with Gasteiger partial charge in [0, 0.05) is 35.4 Å². The van der Waals surface area contributed by atoms with Crippen molar-refractivity contribution in [2.75, 3.05) is 25.0 Å². The van der Waals surface area contributed by atoms with Gasteiger partial charge in [0.1, 0.15) is 11.1 Å². The summed E-state index contributed by atoms with van der Waals surface area (Å²) < 4.78 is 8.41. The van der Waals surface area contributed by atoms with E-state index in [0.717, 1.165) is 68.2 Å². The van der Waals surface area contributed by atoms with E-state index < -0.39 is 0 Å². The number of thiophene rings is 1. The number of rotatable bonds is 4. The number of aryl methyl sites for hydroxylation is 2. The Labute approximate surface area is 181 Å². The van der Waals surface area contributed by atoms with Gasteiger partial charge in [-0.2, -0.15) is 5.10 Å². The molecule has 0 aromatic carbocycles. The second kappa shape index (κ2) is 7.04. The molecular weight excluding hydrogens is 394 g/mol. The van der Waals surface area contributed by atoms with Crippen molar-refractivity contribution in [2.24, 2.45) is 0 Å². The smallest absolute Gasteiger partial charge is 0.152 e. The summed E-state index contributed by atoms with van der Waals surface area (Å²) in [5.41, 5.74) is 4.68. The van der Waals surface area contributed by atoms with Crippen LogP contribution < -0.4 is 5.32 Å². The van der Waals surface area contributed by atoms with E-state index in [9.17, 15) is 0 Å². The van der Waals surface area contributed by atoms with Crippen molar-refractivity contribution in [2.45, 2.75) is 64.1 Å². The Hall–Kier alpha value is -1.96. The van der Waals surface area contributed by atoms with Crippen molar-refractivity contribution >= 4 is 22.7 Å². The van der Waals surface area contributed by atoms with Gasteiger partial charge in [-0.05, 0) is 63.6 Å². The lowest BCUT2D eigenvalue weighted by Crippen LogP contribution is -2.45. The van der Waals surface area contributed by atoms with Crippen LogP contribution in [0.5, 0.6) is 0 Å². The molecule has 6 nitrogen and oxygen atoms in total. The molecular formula is C23H29N5OS. The molecule has 3 aromatic heterocycles. The van der Waals surface area contributed by atoms with Crippen molar-refractivity contribution < 1.29 is 4.74 Å². The Bertz CT molecular complexity index is 1090. The van der Waals surface area contributed by atoms with Gasteiger partial charge in [0.25, 0.3) is 0 Å². The number of aromatic nitrogens is 3. The molecule has 1 aliphatic carbocycles. The summed E-state index contributed by atoms with van der Waals surface area (Å²) in [6, 6.07) is 5.16. The molecule has 3 aromatic rings. The number of ether oxygens (including phenoxy) is 1. The molecule has 3 aliphatic rings. The fourth-order valence-corrected chi connectivity index (χ4v) is 6.26. The highest BCUT2D eigenvalue weighted by molar-refractivity contribution is 7.12. The van der Waals surface area contributed by atoms with Gasteiger partial charge in [-0.1, -0.05) is 0 Å².